The predicted octanol–water partition coefficient (Wildman–Crippen LogP) is 6.91. The van der Waals surface area contributed by atoms with E-state index in [1.165, 1.54) is 39.5 Å². The molecule has 0 atom stereocenters. The van der Waals surface area contributed by atoms with E-state index in [2.05, 4.69) is 129 Å². The zero-order valence-electron chi connectivity index (χ0n) is 18.9. The van der Waals surface area contributed by atoms with E-state index in [1.54, 1.807) is 0 Å². The molecule has 0 saturated heterocycles. The van der Waals surface area contributed by atoms with Gasteiger partial charge < -0.3 is 14.4 Å². The second-order valence-corrected chi connectivity index (χ2v) is 8.15. The molecule has 1 aliphatic heterocycles. The fraction of sp³-hybridized carbons (Fsp3) is 0.185. The van der Waals surface area contributed by atoms with Crippen molar-refractivity contribution >= 4 is 35.9 Å². The largest absolute Gasteiger partial charge is 0.378 e. The summed E-state index contributed by atoms with van der Waals surface area (Å²) >= 11 is 0. The van der Waals surface area contributed by atoms with Gasteiger partial charge in [0.2, 0.25) is 0 Å². The van der Waals surface area contributed by atoms with E-state index in [0.717, 1.165) is 11.4 Å². The van der Waals surface area contributed by atoms with Crippen LogP contribution in [-0.4, -0.2) is 18.7 Å². The highest BCUT2D eigenvalue weighted by molar-refractivity contribution is 5.85. The Labute approximate surface area is 192 Å². The molecule has 2 heterocycles. The molecule has 0 aliphatic carbocycles. The summed E-state index contributed by atoms with van der Waals surface area (Å²) in [6.07, 6.45) is 8.52. The number of hydrogen-bond acceptors (Lipinski definition) is 2. The SMILES string of the molecule is C=C1C=Cc2cc(N(C)C)ccc2N1/C=C/c1cc(C)n(-c2ccc(C)cc2)c1C.Cl. The number of anilines is 2. The van der Waals surface area contributed by atoms with Crippen LogP contribution in [0.1, 0.15) is 28.1 Å². The van der Waals surface area contributed by atoms with E-state index >= 15 is 0 Å². The number of halogens is 1. The van der Waals surface area contributed by atoms with Gasteiger partial charge in [0, 0.05) is 54.3 Å². The number of hydrogen-bond donors (Lipinski definition) is 0. The van der Waals surface area contributed by atoms with Crippen molar-refractivity contribution in [2.75, 3.05) is 23.9 Å². The van der Waals surface area contributed by atoms with Crippen molar-refractivity contribution in [3.63, 3.8) is 0 Å². The lowest BCUT2D eigenvalue weighted by Gasteiger charge is -2.27. The quantitative estimate of drug-likeness (QED) is 0.444. The van der Waals surface area contributed by atoms with Gasteiger partial charge in [0.1, 0.15) is 0 Å². The maximum Gasteiger partial charge on any atom is 0.0529 e. The van der Waals surface area contributed by atoms with Crippen LogP contribution in [0.5, 0.6) is 0 Å². The average molecular weight is 432 g/mol. The summed E-state index contributed by atoms with van der Waals surface area (Å²) in [5.74, 6) is 0. The number of allylic oxidation sites excluding steroid dienone is 1. The van der Waals surface area contributed by atoms with Crippen LogP contribution in [0.2, 0.25) is 0 Å². The minimum absolute atomic E-state index is 0. The lowest BCUT2D eigenvalue weighted by molar-refractivity contribution is 0.963. The van der Waals surface area contributed by atoms with Gasteiger partial charge in [-0.05, 0) is 74.9 Å². The molecule has 1 aliphatic rings. The van der Waals surface area contributed by atoms with Crippen molar-refractivity contribution in [3.05, 3.63) is 101 Å². The maximum atomic E-state index is 4.24. The van der Waals surface area contributed by atoms with Crippen LogP contribution in [0.15, 0.2) is 73.1 Å². The Morgan fingerprint density at radius 3 is 2.29 bits per heavy atom. The number of aromatic nitrogens is 1. The van der Waals surface area contributed by atoms with Crippen LogP contribution in [0.25, 0.3) is 17.8 Å². The van der Waals surface area contributed by atoms with E-state index in [1.807, 2.05) is 0 Å². The molecule has 0 bridgehead atoms. The van der Waals surface area contributed by atoms with E-state index in [4.69, 9.17) is 0 Å². The molecular weight excluding hydrogens is 402 g/mol. The molecule has 0 amide bonds. The summed E-state index contributed by atoms with van der Waals surface area (Å²) in [7, 11) is 4.13. The van der Waals surface area contributed by atoms with Gasteiger partial charge in [0.05, 0.1) is 5.69 Å². The minimum Gasteiger partial charge on any atom is -0.378 e. The molecule has 4 rings (SSSR count). The van der Waals surface area contributed by atoms with Gasteiger partial charge in [-0.25, -0.2) is 0 Å². The second kappa shape index (κ2) is 8.91. The first kappa shape index (κ1) is 22.5. The van der Waals surface area contributed by atoms with Gasteiger partial charge >= 0.3 is 0 Å². The zero-order valence-corrected chi connectivity index (χ0v) is 19.7. The molecule has 3 nitrogen and oxygen atoms in total. The average Bonchev–Trinajstić information content (AvgIpc) is 3.01. The van der Waals surface area contributed by atoms with Crippen LogP contribution < -0.4 is 9.80 Å². The second-order valence-electron chi connectivity index (χ2n) is 8.15. The highest BCUT2D eigenvalue weighted by Gasteiger charge is 2.16. The van der Waals surface area contributed by atoms with Gasteiger partial charge in [-0.1, -0.05) is 30.4 Å². The Kier molecular flexibility index (Phi) is 6.47. The molecular formula is C27H30ClN3. The fourth-order valence-electron chi connectivity index (χ4n) is 3.97. The van der Waals surface area contributed by atoms with Gasteiger partial charge in [-0.15, -0.1) is 12.4 Å². The molecule has 2 aromatic carbocycles. The normalized spacial score (nSPS) is 12.8. The van der Waals surface area contributed by atoms with Crippen molar-refractivity contribution < 1.29 is 0 Å². The lowest BCUT2D eigenvalue weighted by atomic mass is 10.1. The molecule has 0 saturated carbocycles. The number of benzene rings is 2. The van der Waals surface area contributed by atoms with Crippen LogP contribution in [0, 0.1) is 20.8 Å². The summed E-state index contributed by atoms with van der Waals surface area (Å²) in [4.78, 5) is 4.28. The highest BCUT2D eigenvalue weighted by atomic mass is 35.5. The Bertz CT molecular complexity index is 1160. The third-order valence-corrected chi connectivity index (χ3v) is 5.72. The fourth-order valence-corrected chi connectivity index (χ4v) is 3.97. The number of aryl methyl sites for hydroxylation is 2. The number of fused-ring (bicyclic) bond motifs is 1. The summed E-state index contributed by atoms with van der Waals surface area (Å²) in [5, 5.41) is 0. The molecule has 1 aromatic heterocycles. The first-order valence-corrected chi connectivity index (χ1v) is 10.3. The first-order chi connectivity index (χ1) is 14.3. The van der Waals surface area contributed by atoms with Crippen molar-refractivity contribution in [2.24, 2.45) is 0 Å². The van der Waals surface area contributed by atoms with Crippen molar-refractivity contribution in [2.45, 2.75) is 20.8 Å². The molecule has 0 fully saturated rings. The predicted molar refractivity (Wildman–Crippen MR) is 138 cm³/mol. The molecule has 0 spiro atoms. The van der Waals surface area contributed by atoms with Crippen LogP contribution >= 0.6 is 12.4 Å². The molecule has 0 N–H and O–H groups in total. The van der Waals surface area contributed by atoms with Crippen LogP contribution in [0.3, 0.4) is 0 Å². The van der Waals surface area contributed by atoms with E-state index in [-0.39, 0.29) is 12.4 Å². The Balaban J connectivity index is 0.00000272. The summed E-state index contributed by atoms with van der Waals surface area (Å²) in [6.45, 7) is 10.7. The molecule has 3 aromatic rings. The Morgan fingerprint density at radius 2 is 1.61 bits per heavy atom. The lowest BCUT2D eigenvalue weighted by Crippen LogP contribution is -2.17. The standard InChI is InChI=1S/C27H29N3.ClH/c1-19-7-11-25(12-8-19)30-21(3)17-23(22(30)4)15-16-29-20(2)9-10-24-18-26(28(5)6)13-14-27(24)29;/h7-18H,2H2,1,3-6H3;1H/b16-15+;. The zero-order chi connectivity index (χ0) is 21.4. The third kappa shape index (κ3) is 4.33. The van der Waals surface area contributed by atoms with Crippen molar-refractivity contribution in [1.29, 1.82) is 0 Å². The van der Waals surface area contributed by atoms with E-state index in [0.29, 0.717) is 0 Å². The van der Waals surface area contributed by atoms with Gasteiger partial charge in [0.25, 0.3) is 0 Å². The number of rotatable bonds is 4. The molecule has 160 valence electrons. The van der Waals surface area contributed by atoms with E-state index in [9.17, 15) is 0 Å². The minimum atomic E-state index is 0. The third-order valence-electron chi connectivity index (χ3n) is 5.72. The number of nitrogens with zero attached hydrogens (tertiary/aromatic N) is 3. The molecule has 4 heteroatoms. The summed E-state index contributed by atoms with van der Waals surface area (Å²) in [5.41, 5.74) is 10.6. The summed E-state index contributed by atoms with van der Waals surface area (Å²) < 4.78 is 2.31. The van der Waals surface area contributed by atoms with Gasteiger partial charge in [-0.3, -0.25) is 0 Å². The smallest absolute Gasteiger partial charge is 0.0529 e. The van der Waals surface area contributed by atoms with Gasteiger partial charge in [0.15, 0.2) is 0 Å². The van der Waals surface area contributed by atoms with Crippen LogP contribution in [-0.2, 0) is 0 Å². The summed E-state index contributed by atoms with van der Waals surface area (Å²) in [6, 6.07) is 17.4. The van der Waals surface area contributed by atoms with E-state index < -0.39 is 0 Å². The van der Waals surface area contributed by atoms with Crippen molar-refractivity contribution in [3.8, 4) is 5.69 Å². The van der Waals surface area contributed by atoms with Crippen molar-refractivity contribution in [1.82, 2.24) is 4.57 Å². The highest BCUT2D eigenvalue weighted by Crippen LogP contribution is 2.34. The van der Waals surface area contributed by atoms with Crippen LogP contribution in [0.4, 0.5) is 11.4 Å². The Hall–Kier alpha value is -3.17. The maximum absolute atomic E-state index is 4.24. The molecule has 31 heavy (non-hydrogen) atoms. The van der Waals surface area contributed by atoms with Gasteiger partial charge in [-0.2, -0.15) is 0 Å². The Morgan fingerprint density at radius 1 is 0.903 bits per heavy atom. The first-order valence-electron chi connectivity index (χ1n) is 10.3. The topological polar surface area (TPSA) is 11.4 Å². The molecule has 0 unspecified atom stereocenters. The molecule has 0 radical (unpaired) electrons. The monoisotopic (exact) mass is 431 g/mol.